The molecule has 5 nitrogen and oxygen atoms in total. The quantitative estimate of drug-likeness (QED) is 0.738. The molecule has 0 amide bonds. The summed E-state index contributed by atoms with van der Waals surface area (Å²) in [4.78, 5) is 28.6. The van der Waals surface area contributed by atoms with E-state index < -0.39 is 17.4 Å². The maximum Gasteiger partial charge on any atom is 0.340 e. The fourth-order valence-corrected chi connectivity index (χ4v) is 3.23. The van der Waals surface area contributed by atoms with Crippen LogP contribution in [0, 0.1) is 0 Å². The Labute approximate surface area is 155 Å². The minimum atomic E-state index is -0.910. The SMILES string of the molecule is CCOC(=O)c1c(C(C)(C)C)nc2c(Br)cccc2c1CCC(=O)O. The number of carboxylic acids is 1. The lowest BCUT2D eigenvalue weighted by atomic mass is 9.84. The summed E-state index contributed by atoms with van der Waals surface area (Å²) in [6.45, 7) is 7.92. The number of aryl methyl sites for hydroxylation is 1. The van der Waals surface area contributed by atoms with Gasteiger partial charge in [0, 0.05) is 21.7 Å². The highest BCUT2D eigenvalue weighted by molar-refractivity contribution is 9.10. The van der Waals surface area contributed by atoms with Gasteiger partial charge in [-0.15, -0.1) is 0 Å². The number of hydrogen-bond donors (Lipinski definition) is 1. The molecular weight excluding hydrogens is 386 g/mol. The van der Waals surface area contributed by atoms with Gasteiger partial charge in [0.25, 0.3) is 0 Å². The van der Waals surface area contributed by atoms with Crippen LogP contribution in [-0.2, 0) is 21.4 Å². The van der Waals surface area contributed by atoms with Gasteiger partial charge in [-0.3, -0.25) is 9.78 Å². The summed E-state index contributed by atoms with van der Waals surface area (Å²) in [6, 6.07) is 5.59. The molecule has 6 heteroatoms. The monoisotopic (exact) mass is 407 g/mol. The van der Waals surface area contributed by atoms with Gasteiger partial charge in [0.15, 0.2) is 0 Å². The fraction of sp³-hybridized carbons (Fsp3) is 0.421. The number of carbonyl (C=O) groups excluding carboxylic acids is 1. The normalized spacial score (nSPS) is 11.6. The van der Waals surface area contributed by atoms with E-state index in [-0.39, 0.29) is 19.4 Å². The lowest BCUT2D eigenvalue weighted by molar-refractivity contribution is -0.136. The third-order valence-corrected chi connectivity index (χ3v) is 4.49. The number of aliphatic carboxylic acids is 1. The Hall–Kier alpha value is -1.95. The highest BCUT2D eigenvalue weighted by atomic mass is 79.9. The van der Waals surface area contributed by atoms with Crippen LogP contribution in [0.2, 0.25) is 0 Å². The van der Waals surface area contributed by atoms with Gasteiger partial charge in [0.2, 0.25) is 0 Å². The molecule has 0 spiro atoms. The largest absolute Gasteiger partial charge is 0.481 e. The predicted molar refractivity (Wildman–Crippen MR) is 100 cm³/mol. The van der Waals surface area contributed by atoms with Gasteiger partial charge in [-0.1, -0.05) is 32.9 Å². The Morgan fingerprint density at radius 2 is 1.96 bits per heavy atom. The van der Waals surface area contributed by atoms with Gasteiger partial charge >= 0.3 is 11.9 Å². The number of esters is 1. The molecule has 2 rings (SSSR count). The van der Waals surface area contributed by atoms with Crippen molar-refractivity contribution in [2.45, 2.75) is 46.0 Å². The van der Waals surface area contributed by atoms with Gasteiger partial charge in [-0.2, -0.15) is 0 Å². The van der Waals surface area contributed by atoms with Crippen molar-refractivity contribution in [2.75, 3.05) is 6.61 Å². The van der Waals surface area contributed by atoms with Crippen molar-refractivity contribution in [3.63, 3.8) is 0 Å². The minimum Gasteiger partial charge on any atom is -0.481 e. The molecular formula is C19H22BrNO4. The Bertz CT molecular complexity index is 824. The molecule has 0 radical (unpaired) electrons. The number of hydrogen-bond acceptors (Lipinski definition) is 4. The van der Waals surface area contributed by atoms with Gasteiger partial charge in [0.1, 0.15) is 0 Å². The number of fused-ring (bicyclic) bond motifs is 1. The Morgan fingerprint density at radius 3 is 2.52 bits per heavy atom. The number of carbonyl (C=O) groups is 2. The Kier molecular flexibility index (Phi) is 5.83. The number of aromatic nitrogens is 1. The standard InChI is InChI=1S/C19H22BrNO4/c1-5-25-18(24)15-11(9-10-14(22)23)12-7-6-8-13(20)16(12)21-17(15)19(2,3)4/h6-8H,5,9-10H2,1-4H3,(H,22,23). The number of pyridine rings is 1. The topological polar surface area (TPSA) is 76.5 Å². The maximum atomic E-state index is 12.7. The van der Waals surface area contributed by atoms with Crippen molar-refractivity contribution < 1.29 is 19.4 Å². The molecule has 0 unspecified atom stereocenters. The smallest absolute Gasteiger partial charge is 0.340 e. The summed E-state index contributed by atoms with van der Waals surface area (Å²) in [5.41, 5.74) is 2.01. The third kappa shape index (κ3) is 4.18. The van der Waals surface area contributed by atoms with Crippen LogP contribution in [0.5, 0.6) is 0 Å². The van der Waals surface area contributed by atoms with Crippen molar-refractivity contribution in [3.05, 3.63) is 39.5 Å². The van der Waals surface area contributed by atoms with Crippen LogP contribution in [0.25, 0.3) is 10.9 Å². The first-order valence-corrected chi connectivity index (χ1v) is 8.96. The number of rotatable bonds is 5. The molecule has 0 aliphatic carbocycles. The van der Waals surface area contributed by atoms with Crippen LogP contribution in [0.4, 0.5) is 0 Å². The van der Waals surface area contributed by atoms with Crippen molar-refractivity contribution in [1.82, 2.24) is 4.98 Å². The highest BCUT2D eigenvalue weighted by Crippen LogP contribution is 2.35. The molecule has 1 heterocycles. The average Bonchev–Trinajstić information content (AvgIpc) is 2.51. The first-order valence-electron chi connectivity index (χ1n) is 8.17. The number of nitrogens with zero attached hydrogens (tertiary/aromatic N) is 1. The van der Waals surface area contributed by atoms with E-state index in [1.165, 1.54) is 0 Å². The molecule has 0 aliphatic rings. The first kappa shape index (κ1) is 19.4. The van der Waals surface area contributed by atoms with E-state index in [1.807, 2.05) is 39.0 Å². The number of halogens is 1. The molecule has 1 aromatic carbocycles. The summed E-state index contributed by atoms with van der Waals surface area (Å²) >= 11 is 3.51. The molecule has 0 saturated carbocycles. The Morgan fingerprint density at radius 1 is 1.28 bits per heavy atom. The molecule has 25 heavy (non-hydrogen) atoms. The van der Waals surface area contributed by atoms with Gasteiger partial charge in [-0.25, -0.2) is 4.79 Å². The van der Waals surface area contributed by atoms with Gasteiger partial charge < -0.3 is 9.84 Å². The molecule has 0 bridgehead atoms. The molecule has 134 valence electrons. The number of carboxylic acid groups (broad SMARTS) is 1. The second-order valence-corrected chi connectivity index (χ2v) is 7.67. The molecule has 1 aromatic heterocycles. The van der Waals surface area contributed by atoms with E-state index in [0.29, 0.717) is 16.8 Å². The Balaban J connectivity index is 2.87. The van der Waals surface area contributed by atoms with Crippen LogP contribution in [0.3, 0.4) is 0 Å². The molecule has 1 N–H and O–H groups in total. The minimum absolute atomic E-state index is 0.0678. The maximum absolute atomic E-state index is 12.7. The molecule has 0 saturated heterocycles. The summed E-state index contributed by atoms with van der Waals surface area (Å²) in [5, 5.41) is 9.89. The van der Waals surface area contributed by atoms with Crippen LogP contribution in [0.1, 0.15) is 55.7 Å². The van der Waals surface area contributed by atoms with Crippen molar-refractivity contribution >= 4 is 38.8 Å². The summed E-state index contributed by atoms with van der Waals surface area (Å²) < 4.78 is 6.06. The van der Waals surface area contributed by atoms with E-state index in [2.05, 4.69) is 15.9 Å². The molecule has 0 atom stereocenters. The third-order valence-electron chi connectivity index (χ3n) is 3.85. The van der Waals surface area contributed by atoms with Crippen LogP contribution in [0.15, 0.2) is 22.7 Å². The summed E-state index contributed by atoms with van der Waals surface area (Å²) in [7, 11) is 0. The second-order valence-electron chi connectivity index (χ2n) is 6.81. The molecule has 2 aromatic rings. The predicted octanol–water partition coefficient (Wildman–Crippen LogP) is 4.49. The van der Waals surface area contributed by atoms with Crippen LogP contribution >= 0.6 is 15.9 Å². The molecule has 0 fully saturated rings. The van der Waals surface area contributed by atoms with E-state index in [4.69, 9.17) is 14.8 Å². The lowest BCUT2D eigenvalue weighted by Crippen LogP contribution is -2.23. The molecule has 0 aliphatic heterocycles. The summed E-state index contributed by atoms with van der Waals surface area (Å²) in [6.07, 6.45) is 0.170. The van der Waals surface area contributed by atoms with Crippen molar-refractivity contribution in [2.24, 2.45) is 0 Å². The van der Waals surface area contributed by atoms with Gasteiger partial charge in [0.05, 0.1) is 23.4 Å². The van der Waals surface area contributed by atoms with Crippen LogP contribution < -0.4 is 0 Å². The zero-order valence-electron chi connectivity index (χ0n) is 14.9. The first-order chi connectivity index (χ1) is 11.7. The highest BCUT2D eigenvalue weighted by Gasteiger charge is 2.29. The van der Waals surface area contributed by atoms with E-state index >= 15 is 0 Å². The summed E-state index contributed by atoms with van der Waals surface area (Å²) in [5.74, 6) is -1.37. The fourth-order valence-electron chi connectivity index (χ4n) is 2.78. The number of ether oxygens (including phenoxy) is 1. The zero-order chi connectivity index (χ0) is 18.8. The van der Waals surface area contributed by atoms with Crippen molar-refractivity contribution in [3.8, 4) is 0 Å². The number of para-hydroxylation sites is 1. The van der Waals surface area contributed by atoms with E-state index in [0.717, 1.165) is 15.4 Å². The average molecular weight is 408 g/mol. The van der Waals surface area contributed by atoms with E-state index in [9.17, 15) is 9.59 Å². The lowest BCUT2D eigenvalue weighted by Gasteiger charge is -2.24. The van der Waals surface area contributed by atoms with Gasteiger partial charge in [-0.05, 0) is 40.9 Å². The van der Waals surface area contributed by atoms with E-state index in [1.54, 1.807) is 6.92 Å². The zero-order valence-corrected chi connectivity index (χ0v) is 16.4. The number of benzene rings is 1. The van der Waals surface area contributed by atoms with Crippen molar-refractivity contribution in [1.29, 1.82) is 0 Å². The van der Waals surface area contributed by atoms with Crippen LogP contribution in [-0.4, -0.2) is 28.6 Å². The second kappa shape index (κ2) is 7.52.